The number of carbonyl (C=O) groups excluding carboxylic acids is 1. The minimum atomic E-state index is -0.242. The van der Waals surface area contributed by atoms with E-state index < -0.39 is 0 Å². The quantitative estimate of drug-likeness (QED) is 0.894. The molecule has 0 radical (unpaired) electrons. The van der Waals surface area contributed by atoms with Crippen LogP contribution < -0.4 is 10.6 Å². The van der Waals surface area contributed by atoms with Gasteiger partial charge in [-0.05, 0) is 25.3 Å². The van der Waals surface area contributed by atoms with Crippen molar-refractivity contribution in [3.63, 3.8) is 0 Å². The van der Waals surface area contributed by atoms with Gasteiger partial charge in [-0.25, -0.2) is 0 Å². The molecule has 1 aliphatic rings. The number of nitrogens with one attached hydrogen (secondary N) is 2. The molecule has 1 fully saturated rings. The van der Waals surface area contributed by atoms with Gasteiger partial charge in [-0.1, -0.05) is 36.8 Å². The van der Waals surface area contributed by atoms with Crippen molar-refractivity contribution >= 4 is 18.3 Å². The van der Waals surface area contributed by atoms with Gasteiger partial charge in [0, 0.05) is 13.1 Å². The fourth-order valence-corrected chi connectivity index (χ4v) is 2.40. The molecule has 1 amide bonds. The maximum atomic E-state index is 12.1. The zero-order valence-electron chi connectivity index (χ0n) is 12.9. The van der Waals surface area contributed by atoms with Crippen molar-refractivity contribution in [2.24, 2.45) is 0 Å². The first-order chi connectivity index (χ1) is 9.58. The highest BCUT2D eigenvalue weighted by Gasteiger charge is 2.28. The average molecular weight is 313 g/mol. The normalized spacial score (nSPS) is 23.0. The van der Waals surface area contributed by atoms with Gasteiger partial charge in [0.05, 0.1) is 12.7 Å². The van der Waals surface area contributed by atoms with Crippen LogP contribution in [0.5, 0.6) is 0 Å². The number of rotatable bonds is 4. The standard InChI is InChI=1S/C16H24N2O2.ClH/c1-11-4-6-14(7-5-11)12(2)10-18-16(19)15-13(3)20-9-8-17-15;/h4-7,12-13,15,17H,8-10H2,1-3H3,(H,18,19);1H/t12?,13-,15+;/m1./s1. The summed E-state index contributed by atoms with van der Waals surface area (Å²) in [6.45, 7) is 8.18. The van der Waals surface area contributed by atoms with Gasteiger partial charge in [0.2, 0.25) is 5.91 Å². The molecule has 0 aromatic heterocycles. The van der Waals surface area contributed by atoms with Crippen LogP contribution in [0.3, 0.4) is 0 Å². The summed E-state index contributed by atoms with van der Waals surface area (Å²) in [6, 6.07) is 8.21. The second kappa shape index (κ2) is 8.37. The van der Waals surface area contributed by atoms with Gasteiger partial charge < -0.3 is 15.4 Å². The van der Waals surface area contributed by atoms with Crippen LogP contribution >= 0.6 is 12.4 Å². The van der Waals surface area contributed by atoms with Crippen molar-refractivity contribution < 1.29 is 9.53 Å². The zero-order chi connectivity index (χ0) is 14.5. The maximum Gasteiger partial charge on any atom is 0.239 e. The molecule has 1 saturated heterocycles. The van der Waals surface area contributed by atoms with Crippen molar-refractivity contribution in [1.29, 1.82) is 0 Å². The third-order valence-electron chi connectivity index (χ3n) is 3.83. The molecule has 0 spiro atoms. The lowest BCUT2D eigenvalue weighted by atomic mass is 10.00. The van der Waals surface area contributed by atoms with E-state index in [1.54, 1.807) is 0 Å². The van der Waals surface area contributed by atoms with Crippen LogP contribution in [-0.2, 0) is 9.53 Å². The van der Waals surface area contributed by atoms with E-state index in [0.29, 0.717) is 19.1 Å². The molecule has 1 unspecified atom stereocenters. The molecule has 0 saturated carbocycles. The van der Waals surface area contributed by atoms with Crippen molar-refractivity contribution in [1.82, 2.24) is 10.6 Å². The highest BCUT2D eigenvalue weighted by Crippen LogP contribution is 2.15. The largest absolute Gasteiger partial charge is 0.375 e. The van der Waals surface area contributed by atoms with E-state index in [2.05, 4.69) is 48.7 Å². The molecular formula is C16H25ClN2O2. The number of carbonyl (C=O) groups is 1. The fraction of sp³-hybridized carbons (Fsp3) is 0.562. The Morgan fingerprint density at radius 1 is 1.43 bits per heavy atom. The highest BCUT2D eigenvalue weighted by atomic mass is 35.5. The number of ether oxygens (including phenoxy) is 1. The van der Waals surface area contributed by atoms with Gasteiger partial charge in [0.15, 0.2) is 0 Å². The van der Waals surface area contributed by atoms with Crippen LogP contribution in [0.4, 0.5) is 0 Å². The molecule has 5 heteroatoms. The van der Waals surface area contributed by atoms with Crippen LogP contribution in [0.1, 0.15) is 30.9 Å². The van der Waals surface area contributed by atoms with Crippen LogP contribution in [0.15, 0.2) is 24.3 Å². The van der Waals surface area contributed by atoms with E-state index in [-0.39, 0.29) is 30.5 Å². The van der Waals surface area contributed by atoms with Crippen molar-refractivity contribution in [2.75, 3.05) is 19.7 Å². The van der Waals surface area contributed by atoms with Gasteiger partial charge in [-0.15, -0.1) is 12.4 Å². The summed E-state index contributed by atoms with van der Waals surface area (Å²) in [5.74, 6) is 0.329. The molecule has 4 nitrogen and oxygen atoms in total. The minimum Gasteiger partial charge on any atom is -0.375 e. The molecule has 21 heavy (non-hydrogen) atoms. The lowest BCUT2D eigenvalue weighted by molar-refractivity contribution is -0.128. The molecule has 2 rings (SSSR count). The number of morpholine rings is 1. The van der Waals surface area contributed by atoms with Gasteiger partial charge in [-0.3, -0.25) is 4.79 Å². The van der Waals surface area contributed by atoms with Crippen molar-refractivity contribution in [3.8, 4) is 0 Å². The lowest BCUT2D eigenvalue weighted by Gasteiger charge is -2.29. The third-order valence-corrected chi connectivity index (χ3v) is 3.83. The fourth-order valence-electron chi connectivity index (χ4n) is 2.40. The Hall–Kier alpha value is -1.10. The van der Waals surface area contributed by atoms with E-state index in [4.69, 9.17) is 4.74 Å². The molecule has 3 atom stereocenters. The first-order valence-electron chi connectivity index (χ1n) is 7.27. The molecule has 118 valence electrons. The second-order valence-corrected chi connectivity index (χ2v) is 5.56. The Balaban J connectivity index is 0.00000220. The van der Waals surface area contributed by atoms with Crippen LogP contribution in [0, 0.1) is 6.92 Å². The Kier molecular flexibility index (Phi) is 7.15. The molecule has 1 aromatic carbocycles. The SMILES string of the molecule is Cc1ccc(C(C)CNC(=O)[C@H]2NCCO[C@@H]2C)cc1.Cl. The number of hydrogen-bond acceptors (Lipinski definition) is 3. The minimum absolute atomic E-state index is 0. The zero-order valence-corrected chi connectivity index (χ0v) is 13.7. The van der Waals surface area contributed by atoms with Crippen molar-refractivity contribution in [2.45, 2.75) is 38.8 Å². The summed E-state index contributed by atoms with van der Waals surface area (Å²) in [5, 5.41) is 6.22. The summed E-state index contributed by atoms with van der Waals surface area (Å²) >= 11 is 0. The number of halogens is 1. The average Bonchev–Trinajstić information content (AvgIpc) is 2.45. The smallest absolute Gasteiger partial charge is 0.239 e. The lowest BCUT2D eigenvalue weighted by Crippen LogP contribution is -2.55. The van der Waals surface area contributed by atoms with E-state index >= 15 is 0 Å². The Bertz CT molecular complexity index is 450. The summed E-state index contributed by atoms with van der Waals surface area (Å²) in [6.07, 6.45) is -0.0709. The number of hydrogen-bond donors (Lipinski definition) is 2. The first kappa shape index (κ1) is 18.0. The molecule has 0 aliphatic carbocycles. The van der Waals surface area contributed by atoms with E-state index in [1.165, 1.54) is 11.1 Å². The molecule has 1 heterocycles. The van der Waals surface area contributed by atoms with Crippen LogP contribution in [0.2, 0.25) is 0 Å². The van der Waals surface area contributed by atoms with Gasteiger partial charge >= 0.3 is 0 Å². The molecule has 2 N–H and O–H groups in total. The molecule has 1 aromatic rings. The summed E-state index contributed by atoms with van der Waals surface area (Å²) in [5.41, 5.74) is 2.50. The number of benzene rings is 1. The Labute approximate surface area is 133 Å². The highest BCUT2D eigenvalue weighted by molar-refractivity contribution is 5.85. The summed E-state index contributed by atoms with van der Waals surface area (Å²) in [7, 11) is 0. The molecule has 1 aliphatic heterocycles. The predicted octanol–water partition coefficient (Wildman–Crippen LogP) is 2.01. The van der Waals surface area contributed by atoms with Gasteiger partial charge in [0.25, 0.3) is 0 Å². The Morgan fingerprint density at radius 2 is 2.10 bits per heavy atom. The molecule has 0 bridgehead atoms. The monoisotopic (exact) mass is 312 g/mol. The van der Waals surface area contributed by atoms with Gasteiger partial charge in [-0.2, -0.15) is 0 Å². The topological polar surface area (TPSA) is 50.4 Å². The first-order valence-corrected chi connectivity index (χ1v) is 7.27. The van der Waals surface area contributed by atoms with Crippen molar-refractivity contribution in [3.05, 3.63) is 35.4 Å². The van der Waals surface area contributed by atoms with E-state index in [9.17, 15) is 4.79 Å². The third kappa shape index (κ3) is 4.99. The molecular weight excluding hydrogens is 288 g/mol. The van der Waals surface area contributed by atoms with Gasteiger partial charge in [0.1, 0.15) is 6.04 Å². The Morgan fingerprint density at radius 3 is 2.71 bits per heavy atom. The van der Waals surface area contributed by atoms with Crippen LogP contribution in [-0.4, -0.2) is 37.7 Å². The summed E-state index contributed by atoms with van der Waals surface area (Å²) in [4.78, 5) is 12.1. The van der Waals surface area contributed by atoms with E-state index in [1.807, 2.05) is 6.92 Å². The number of amides is 1. The predicted molar refractivity (Wildman–Crippen MR) is 87.1 cm³/mol. The van der Waals surface area contributed by atoms with Crippen LogP contribution in [0.25, 0.3) is 0 Å². The summed E-state index contributed by atoms with van der Waals surface area (Å²) < 4.78 is 5.49. The second-order valence-electron chi connectivity index (χ2n) is 5.56. The maximum absolute atomic E-state index is 12.1. The number of aryl methyl sites for hydroxylation is 1. The van der Waals surface area contributed by atoms with E-state index in [0.717, 1.165) is 6.54 Å².